The van der Waals surface area contributed by atoms with Crippen molar-refractivity contribution in [3.63, 3.8) is 0 Å². The Balaban J connectivity index is 2.74. The summed E-state index contributed by atoms with van der Waals surface area (Å²) >= 11 is 0. The molecule has 0 fully saturated rings. The number of aryl methyl sites for hydroxylation is 1. The zero-order valence-electron chi connectivity index (χ0n) is 6.28. The molecule has 0 radical (unpaired) electrons. The van der Waals surface area contributed by atoms with Gasteiger partial charge in [-0.2, -0.15) is 5.10 Å². The average Bonchev–Trinajstić information content (AvgIpc) is 2.34. The maximum atomic E-state index is 9.27. The Labute approximate surface area is 60.3 Å². The molecule has 0 aromatic carbocycles. The summed E-state index contributed by atoms with van der Waals surface area (Å²) in [6.45, 7) is 1.93. The van der Waals surface area contributed by atoms with Crippen LogP contribution in [0.3, 0.4) is 0 Å². The number of aliphatic hydroxyl groups is 1. The second kappa shape index (κ2) is 2.84. The van der Waals surface area contributed by atoms with Gasteiger partial charge in [0.15, 0.2) is 0 Å². The summed E-state index contributed by atoms with van der Waals surface area (Å²) in [7, 11) is 1.84. The summed E-state index contributed by atoms with van der Waals surface area (Å²) in [6.07, 6.45) is 2.15. The van der Waals surface area contributed by atoms with Crippen LogP contribution in [0.25, 0.3) is 0 Å². The number of rotatable bonds is 2. The molecule has 1 N–H and O–H groups in total. The Morgan fingerprint density at radius 1 is 1.80 bits per heavy atom. The quantitative estimate of drug-likeness (QED) is 0.661. The molecule has 1 aromatic rings. The van der Waals surface area contributed by atoms with Gasteiger partial charge in [0.25, 0.3) is 0 Å². The van der Waals surface area contributed by atoms with Crippen LogP contribution >= 0.6 is 0 Å². The summed E-state index contributed by atoms with van der Waals surface area (Å²) < 4.78 is 1.69. The minimum atomic E-state index is -0.402. The van der Waals surface area contributed by atoms with Crippen molar-refractivity contribution >= 4 is 0 Å². The van der Waals surface area contributed by atoms with Crippen LogP contribution in [-0.4, -0.2) is 14.9 Å². The fourth-order valence-corrected chi connectivity index (χ4v) is 0.820. The van der Waals surface area contributed by atoms with Gasteiger partial charge in [-0.3, -0.25) is 4.68 Å². The molecule has 3 nitrogen and oxygen atoms in total. The SMILES string of the molecule is CC[C@H](O)c1ccn(C)n1. The highest BCUT2D eigenvalue weighted by molar-refractivity contribution is 5.01. The number of aliphatic hydroxyl groups excluding tert-OH is 1. The Kier molecular flexibility index (Phi) is 2.06. The van der Waals surface area contributed by atoms with Crippen LogP contribution in [0.15, 0.2) is 12.3 Å². The predicted molar refractivity (Wildman–Crippen MR) is 38.5 cm³/mol. The number of hydrogen-bond donors (Lipinski definition) is 1. The molecule has 0 unspecified atom stereocenters. The van der Waals surface area contributed by atoms with Crippen molar-refractivity contribution in [1.29, 1.82) is 0 Å². The Hall–Kier alpha value is -0.830. The minimum absolute atomic E-state index is 0.402. The van der Waals surface area contributed by atoms with Gasteiger partial charge in [-0.05, 0) is 12.5 Å². The van der Waals surface area contributed by atoms with Crippen LogP contribution in [0.1, 0.15) is 25.1 Å². The predicted octanol–water partition coefficient (Wildman–Crippen LogP) is 0.863. The molecule has 10 heavy (non-hydrogen) atoms. The lowest BCUT2D eigenvalue weighted by molar-refractivity contribution is 0.168. The van der Waals surface area contributed by atoms with Crippen LogP contribution in [-0.2, 0) is 7.05 Å². The third-order valence-electron chi connectivity index (χ3n) is 1.46. The molecule has 1 atom stereocenters. The lowest BCUT2D eigenvalue weighted by atomic mass is 10.2. The molecule has 0 saturated carbocycles. The van der Waals surface area contributed by atoms with Crippen LogP contribution in [0, 0.1) is 0 Å². The van der Waals surface area contributed by atoms with Crippen LogP contribution in [0.5, 0.6) is 0 Å². The van der Waals surface area contributed by atoms with Crippen molar-refractivity contribution in [3.05, 3.63) is 18.0 Å². The first-order chi connectivity index (χ1) is 4.74. The zero-order valence-corrected chi connectivity index (χ0v) is 6.28. The third kappa shape index (κ3) is 1.36. The average molecular weight is 140 g/mol. The largest absolute Gasteiger partial charge is 0.387 e. The minimum Gasteiger partial charge on any atom is -0.387 e. The molecule has 0 aliphatic rings. The molecule has 1 aromatic heterocycles. The smallest absolute Gasteiger partial charge is 0.0975 e. The van der Waals surface area contributed by atoms with E-state index in [2.05, 4.69) is 5.10 Å². The van der Waals surface area contributed by atoms with Gasteiger partial charge in [-0.25, -0.2) is 0 Å². The van der Waals surface area contributed by atoms with Gasteiger partial charge in [0.2, 0.25) is 0 Å². The van der Waals surface area contributed by atoms with Crippen LogP contribution < -0.4 is 0 Å². The summed E-state index contributed by atoms with van der Waals surface area (Å²) in [5, 5.41) is 13.3. The first kappa shape index (κ1) is 7.28. The second-order valence-electron chi connectivity index (χ2n) is 2.34. The molecule has 0 saturated heterocycles. The van der Waals surface area contributed by atoms with Crippen molar-refractivity contribution in [1.82, 2.24) is 9.78 Å². The monoisotopic (exact) mass is 140 g/mol. The van der Waals surface area contributed by atoms with Gasteiger partial charge >= 0.3 is 0 Å². The number of nitrogens with zero attached hydrogens (tertiary/aromatic N) is 2. The number of hydrogen-bond acceptors (Lipinski definition) is 2. The lowest BCUT2D eigenvalue weighted by Gasteiger charge is -2.00. The molecule has 0 aliphatic carbocycles. The van der Waals surface area contributed by atoms with Crippen molar-refractivity contribution in [2.45, 2.75) is 19.4 Å². The van der Waals surface area contributed by atoms with E-state index in [0.717, 1.165) is 12.1 Å². The molecular formula is C7H12N2O. The van der Waals surface area contributed by atoms with Crippen molar-refractivity contribution in [2.75, 3.05) is 0 Å². The van der Waals surface area contributed by atoms with E-state index in [1.807, 2.05) is 26.2 Å². The molecule has 0 aliphatic heterocycles. The first-order valence-electron chi connectivity index (χ1n) is 3.41. The van der Waals surface area contributed by atoms with Gasteiger partial charge in [0.05, 0.1) is 11.8 Å². The van der Waals surface area contributed by atoms with E-state index >= 15 is 0 Å². The van der Waals surface area contributed by atoms with E-state index in [9.17, 15) is 5.11 Å². The molecule has 1 rings (SSSR count). The summed E-state index contributed by atoms with van der Waals surface area (Å²) in [5.74, 6) is 0. The number of aromatic nitrogens is 2. The molecule has 56 valence electrons. The summed E-state index contributed by atoms with van der Waals surface area (Å²) in [4.78, 5) is 0. The van der Waals surface area contributed by atoms with Crippen molar-refractivity contribution < 1.29 is 5.11 Å². The normalized spacial score (nSPS) is 13.5. The fraction of sp³-hybridized carbons (Fsp3) is 0.571. The molecule has 0 spiro atoms. The van der Waals surface area contributed by atoms with E-state index in [1.165, 1.54) is 0 Å². The van der Waals surface area contributed by atoms with E-state index in [4.69, 9.17) is 0 Å². The highest BCUT2D eigenvalue weighted by Gasteiger charge is 2.05. The fourth-order valence-electron chi connectivity index (χ4n) is 0.820. The molecule has 1 heterocycles. The Bertz CT molecular complexity index is 207. The van der Waals surface area contributed by atoms with E-state index in [-0.39, 0.29) is 0 Å². The van der Waals surface area contributed by atoms with Crippen LogP contribution in [0.2, 0.25) is 0 Å². The Morgan fingerprint density at radius 3 is 2.90 bits per heavy atom. The lowest BCUT2D eigenvalue weighted by Crippen LogP contribution is -1.97. The Morgan fingerprint density at radius 2 is 2.50 bits per heavy atom. The van der Waals surface area contributed by atoms with Crippen molar-refractivity contribution in [3.8, 4) is 0 Å². The zero-order chi connectivity index (χ0) is 7.56. The first-order valence-corrected chi connectivity index (χ1v) is 3.41. The second-order valence-corrected chi connectivity index (χ2v) is 2.34. The molecule has 3 heteroatoms. The third-order valence-corrected chi connectivity index (χ3v) is 1.46. The van der Waals surface area contributed by atoms with E-state index in [0.29, 0.717) is 0 Å². The van der Waals surface area contributed by atoms with Crippen molar-refractivity contribution in [2.24, 2.45) is 7.05 Å². The molecule has 0 bridgehead atoms. The van der Waals surface area contributed by atoms with Gasteiger partial charge < -0.3 is 5.11 Å². The summed E-state index contributed by atoms with van der Waals surface area (Å²) in [6, 6.07) is 1.83. The highest BCUT2D eigenvalue weighted by Crippen LogP contribution is 2.11. The van der Waals surface area contributed by atoms with Gasteiger partial charge in [-0.15, -0.1) is 0 Å². The van der Waals surface area contributed by atoms with E-state index < -0.39 is 6.10 Å². The van der Waals surface area contributed by atoms with Crippen LogP contribution in [0.4, 0.5) is 0 Å². The summed E-state index contributed by atoms with van der Waals surface area (Å²) in [5.41, 5.74) is 0.755. The van der Waals surface area contributed by atoms with Gasteiger partial charge in [0, 0.05) is 13.2 Å². The van der Waals surface area contributed by atoms with Gasteiger partial charge in [0.1, 0.15) is 0 Å². The molecular weight excluding hydrogens is 128 g/mol. The maximum absolute atomic E-state index is 9.27. The highest BCUT2D eigenvalue weighted by atomic mass is 16.3. The van der Waals surface area contributed by atoms with Gasteiger partial charge in [-0.1, -0.05) is 6.92 Å². The topological polar surface area (TPSA) is 38.0 Å². The standard InChI is InChI=1S/C7H12N2O/c1-3-7(10)6-4-5-9(2)8-6/h4-5,7,10H,3H2,1-2H3/t7-/m0/s1. The van der Waals surface area contributed by atoms with E-state index in [1.54, 1.807) is 4.68 Å². The molecule has 0 amide bonds. The maximum Gasteiger partial charge on any atom is 0.0975 e.